The van der Waals surface area contributed by atoms with Crippen molar-refractivity contribution in [2.24, 2.45) is 0 Å². The Balaban J connectivity index is 2.08. The highest BCUT2D eigenvalue weighted by Crippen LogP contribution is 2.36. The Morgan fingerprint density at radius 2 is 1.85 bits per heavy atom. The summed E-state index contributed by atoms with van der Waals surface area (Å²) in [6.07, 6.45) is 4.63. The van der Waals surface area contributed by atoms with Crippen LogP contribution in [0.25, 0.3) is 11.4 Å². The summed E-state index contributed by atoms with van der Waals surface area (Å²) < 4.78 is 0.571. The van der Waals surface area contributed by atoms with Gasteiger partial charge in [0.2, 0.25) is 0 Å². The molecule has 1 aliphatic rings. The van der Waals surface area contributed by atoms with Gasteiger partial charge in [-0.05, 0) is 53.0 Å². The fourth-order valence-corrected chi connectivity index (χ4v) is 3.33. The molecular formula is C15H14BrClN2O. The topological polar surface area (TPSA) is 45.8 Å². The van der Waals surface area contributed by atoms with E-state index in [0.29, 0.717) is 21.2 Å². The highest BCUT2D eigenvalue weighted by atomic mass is 79.9. The third kappa shape index (κ3) is 2.67. The molecule has 1 saturated carbocycles. The molecule has 3 rings (SSSR count). The fraction of sp³-hybridized carbons (Fsp3) is 0.333. The largest absolute Gasteiger partial charge is 0.306 e. The van der Waals surface area contributed by atoms with Crippen molar-refractivity contribution >= 4 is 27.5 Å². The summed E-state index contributed by atoms with van der Waals surface area (Å²) in [5.41, 5.74) is 1.64. The van der Waals surface area contributed by atoms with E-state index in [2.05, 4.69) is 25.9 Å². The molecule has 1 heterocycles. The average molecular weight is 354 g/mol. The summed E-state index contributed by atoms with van der Waals surface area (Å²) in [6.45, 7) is 0. The van der Waals surface area contributed by atoms with Crippen molar-refractivity contribution < 1.29 is 0 Å². The Morgan fingerprint density at radius 1 is 1.20 bits per heavy atom. The van der Waals surface area contributed by atoms with Crippen molar-refractivity contribution in [3.63, 3.8) is 0 Å². The van der Waals surface area contributed by atoms with Gasteiger partial charge in [-0.15, -0.1) is 0 Å². The van der Waals surface area contributed by atoms with E-state index in [9.17, 15) is 4.79 Å². The molecule has 0 bridgehead atoms. The summed E-state index contributed by atoms with van der Waals surface area (Å²) in [4.78, 5) is 19.6. The van der Waals surface area contributed by atoms with E-state index >= 15 is 0 Å². The van der Waals surface area contributed by atoms with Gasteiger partial charge in [-0.25, -0.2) is 4.98 Å². The first-order valence-electron chi connectivity index (χ1n) is 6.71. The molecule has 0 spiro atoms. The lowest BCUT2D eigenvalue weighted by molar-refractivity contribution is 0.688. The number of nitrogens with zero attached hydrogens (tertiary/aromatic N) is 1. The smallest absolute Gasteiger partial charge is 0.265 e. The van der Waals surface area contributed by atoms with Crippen molar-refractivity contribution in [1.82, 2.24) is 9.97 Å². The number of H-pyrrole nitrogens is 1. The lowest BCUT2D eigenvalue weighted by atomic mass is 10.0. The van der Waals surface area contributed by atoms with E-state index in [1.165, 1.54) is 12.8 Å². The molecule has 0 atom stereocenters. The van der Waals surface area contributed by atoms with Gasteiger partial charge < -0.3 is 4.98 Å². The maximum absolute atomic E-state index is 12.1. The van der Waals surface area contributed by atoms with Gasteiger partial charge in [0.05, 0.1) is 5.69 Å². The van der Waals surface area contributed by atoms with Crippen LogP contribution in [-0.4, -0.2) is 9.97 Å². The molecule has 1 N–H and O–H groups in total. The van der Waals surface area contributed by atoms with E-state index < -0.39 is 0 Å². The number of benzene rings is 1. The molecule has 2 aromatic rings. The first kappa shape index (κ1) is 13.8. The number of aromatic amines is 1. The summed E-state index contributed by atoms with van der Waals surface area (Å²) in [5, 5.41) is 0.671. The zero-order chi connectivity index (χ0) is 14.1. The van der Waals surface area contributed by atoms with Gasteiger partial charge in [0, 0.05) is 16.5 Å². The van der Waals surface area contributed by atoms with E-state index in [4.69, 9.17) is 11.6 Å². The first-order chi connectivity index (χ1) is 9.65. The van der Waals surface area contributed by atoms with Crippen LogP contribution in [-0.2, 0) is 0 Å². The van der Waals surface area contributed by atoms with Crippen molar-refractivity contribution in [3.05, 3.63) is 49.8 Å². The molecule has 0 radical (unpaired) electrons. The summed E-state index contributed by atoms with van der Waals surface area (Å²) in [7, 11) is 0. The monoisotopic (exact) mass is 352 g/mol. The predicted octanol–water partition coefficient (Wildman–Crippen LogP) is 4.51. The summed E-state index contributed by atoms with van der Waals surface area (Å²) in [6, 6.07) is 7.34. The minimum Gasteiger partial charge on any atom is -0.306 e. The maximum atomic E-state index is 12.1. The molecule has 1 aromatic heterocycles. The van der Waals surface area contributed by atoms with Crippen LogP contribution < -0.4 is 5.56 Å². The maximum Gasteiger partial charge on any atom is 0.265 e. The molecule has 104 valence electrons. The number of aromatic nitrogens is 2. The Bertz CT molecular complexity index is 675. The normalized spacial score (nSPS) is 15.7. The average Bonchev–Trinajstić information content (AvgIpc) is 2.96. The molecule has 20 heavy (non-hydrogen) atoms. The molecular weight excluding hydrogens is 340 g/mol. The van der Waals surface area contributed by atoms with Crippen LogP contribution in [0, 0.1) is 0 Å². The van der Waals surface area contributed by atoms with Gasteiger partial charge in [0.25, 0.3) is 5.56 Å². The fourth-order valence-electron chi connectivity index (χ4n) is 2.69. The quantitative estimate of drug-likeness (QED) is 0.863. The minimum atomic E-state index is -0.119. The van der Waals surface area contributed by atoms with Crippen LogP contribution in [0.4, 0.5) is 0 Å². The van der Waals surface area contributed by atoms with Crippen molar-refractivity contribution in [2.45, 2.75) is 31.6 Å². The number of nitrogens with one attached hydrogen (secondary N) is 1. The van der Waals surface area contributed by atoms with Crippen LogP contribution in [0.15, 0.2) is 33.5 Å². The van der Waals surface area contributed by atoms with Crippen molar-refractivity contribution in [3.8, 4) is 11.4 Å². The summed E-state index contributed by atoms with van der Waals surface area (Å²) >= 11 is 9.27. The number of halogens is 2. The second-order valence-electron chi connectivity index (χ2n) is 5.10. The standard InChI is InChI=1S/C15H14BrClN2O/c16-12-13(9-3-1-2-4-9)18-14(19-15(12)20)10-5-7-11(17)8-6-10/h5-9H,1-4H2,(H,18,19,20). The van der Waals surface area contributed by atoms with Crippen LogP contribution in [0.1, 0.15) is 37.3 Å². The first-order valence-corrected chi connectivity index (χ1v) is 7.88. The third-order valence-corrected chi connectivity index (χ3v) is 4.77. The number of hydrogen-bond donors (Lipinski definition) is 1. The number of rotatable bonds is 2. The number of hydrogen-bond acceptors (Lipinski definition) is 2. The molecule has 1 fully saturated rings. The zero-order valence-corrected chi connectivity index (χ0v) is 13.2. The van der Waals surface area contributed by atoms with Crippen molar-refractivity contribution in [2.75, 3.05) is 0 Å². The van der Waals surface area contributed by atoms with Crippen LogP contribution >= 0.6 is 27.5 Å². The highest BCUT2D eigenvalue weighted by Gasteiger charge is 2.23. The van der Waals surface area contributed by atoms with Gasteiger partial charge in [0.15, 0.2) is 0 Å². The Kier molecular flexibility index (Phi) is 3.94. The van der Waals surface area contributed by atoms with Crippen LogP contribution in [0.5, 0.6) is 0 Å². The van der Waals surface area contributed by atoms with Crippen molar-refractivity contribution in [1.29, 1.82) is 0 Å². The molecule has 3 nitrogen and oxygen atoms in total. The van der Waals surface area contributed by atoms with Gasteiger partial charge in [-0.3, -0.25) is 4.79 Å². The van der Waals surface area contributed by atoms with E-state index in [0.717, 1.165) is 24.1 Å². The van der Waals surface area contributed by atoms with Crippen LogP contribution in [0.2, 0.25) is 5.02 Å². The molecule has 1 aromatic carbocycles. The SMILES string of the molecule is O=c1[nH]c(-c2ccc(Cl)cc2)nc(C2CCCC2)c1Br. The highest BCUT2D eigenvalue weighted by molar-refractivity contribution is 9.10. The third-order valence-electron chi connectivity index (χ3n) is 3.75. The second kappa shape index (κ2) is 5.70. The lowest BCUT2D eigenvalue weighted by Crippen LogP contribution is -2.15. The second-order valence-corrected chi connectivity index (χ2v) is 6.33. The van der Waals surface area contributed by atoms with Gasteiger partial charge in [0.1, 0.15) is 10.3 Å². The van der Waals surface area contributed by atoms with E-state index in [1.807, 2.05) is 12.1 Å². The zero-order valence-electron chi connectivity index (χ0n) is 10.8. The molecule has 5 heteroatoms. The molecule has 1 aliphatic carbocycles. The van der Waals surface area contributed by atoms with E-state index in [1.54, 1.807) is 12.1 Å². The Morgan fingerprint density at radius 3 is 2.50 bits per heavy atom. The predicted molar refractivity (Wildman–Crippen MR) is 84.2 cm³/mol. The van der Waals surface area contributed by atoms with Crippen LogP contribution in [0.3, 0.4) is 0 Å². The summed E-state index contributed by atoms with van der Waals surface area (Å²) in [5.74, 6) is 0.995. The Labute approximate surface area is 130 Å². The molecule has 0 aliphatic heterocycles. The molecule has 0 unspecified atom stereocenters. The van der Waals surface area contributed by atoms with Gasteiger partial charge >= 0.3 is 0 Å². The lowest BCUT2D eigenvalue weighted by Gasteiger charge is -2.12. The molecule has 0 saturated heterocycles. The minimum absolute atomic E-state index is 0.119. The molecule has 0 amide bonds. The Hall–Kier alpha value is -1.13. The van der Waals surface area contributed by atoms with Gasteiger partial charge in [-0.1, -0.05) is 24.4 Å². The van der Waals surface area contributed by atoms with Gasteiger partial charge in [-0.2, -0.15) is 0 Å². The van der Waals surface area contributed by atoms with E-state index in [-0.39, 0.29) is 5.56 Å².